The number of amides is 1. The van der Waals surface area contributed by atoms with Crippen LogP contribution in [0.5, 0.6) is 5.75 Å². The molecule has 0 radical (unpaired) electrons. The van der Waals surface area contributed by atoms with Crippen LogP contribution in [0.1, 0.15) is 52.5 Å². The van der Waals surface area contributed by atoms with Gasteiger partial charge in [-0.2, -0.15) is 0 Å². The zero-order valence-corrected chi connectivity index (χ0v) is 21.5. The van der Waals surface area contributed by atoms with Crippen molar-refractivity contribution in [3.8, 4) is 5.75 Å². The molecule has 2 aliphatic rings. The van der Waals surface area contributed by atoms with Crippen molar-refractivity contribution in [3.05, 3.63) is 130 Å². The normalized spacial score (nSPS) is 18.3. The second-order valence-electron chi connectivity index (χ2n) is 10.0. The molecule has 1 fully saturated rings. The first kappa shape index (κ1) is 24.7. The summed E-state index contributed by atoms with van der Waals surface area (Å²) in [5, 5.41) is 11.5. The fourth-order valence-electron chi connectivity index (χ4n) is 5.48. The van der Waals surface area contributed by atoms with E-state index in [2.05, 4.69) is 0 Å². The first-order valence-electron chi connectivity index (χ1n) is 13.3. The highest BCUT2D eigenvalue weighted by molar-refractivity contribution is 6.46. The molecule has 1 aromatic heterocycles. The number of carbonyl (C=O) groups is 2. The summed E-state index contributed by atoms with van der Waals surface area (Å²) in [6.45, 7) is 0.533. The van der Waals surface area contributed by atoms with E-state index in [9.17, 15) is 14.7 Å². The van der Waals surface area contributed by atoms with E-state index in [0.717, 1.165) is 31.2 Å². The zero-order valence-electron chi connectivity index (χ0n) is 21.5. The van der Waals surface area contributed by atoms with Gasteiger partial charge in [0.05, 0.1) is 24.4 Å². The lowest BCUT2D eigenvalue weighted by Crippen LogP contribution is -2.29. The molecule has 2 heterocycles. The van der Waals surface area contributed by atoms with Crippen LogP contribution in [0.2, 0.25) is 0 Å². The van der Waals surface area contributed by atoms with Crippen LogP contribution in [-0.4, -0.2) is 21.7 Å². The maximum absolute atomic E-state index is 13.4. The average molecular weight is 520 g/mol. The van der Waals surface area contributed by atoms with Crippen molar-refractivity contribution in [2.75, 3.05) is 0 Å². The molecule has 3 aromatic carbocycles. The number of furan rings is 1. The van der Waals surface area contributed by atoms with Gasteiger partial charge >= 0.3 is 0 Å². The summed E-state index contributed by atoms with van der Waals surface area (Å²) in [6, 6.07) is 25.8. The number of ketones is 1. The van der Waals surface area contributed by atoms with Crippen molar-refractivity contribution in [3.63, 3.8) is 0 Å². The first-order chi connectivity index (χ1) is 19.1. The van der Waals surface area contributed by atoms with Gasteiger partial charge in [0, 0.05) is 5.56 Å². The molecule has 1 unspecified atom stereocenters. The van der Waals surface area contributed by atoms with Gasteiger partial charge in [-0.15, -0.1) is 0 Å². The van der Waals surface area contributed by atoms with Gasteiger partial charge in [-0.25, -0.2) is 0 Å². The molecule has 1 saturated heterocycles. The monoisotopic (exact) mass is 519 g/mol. The molecular weight excluding hydrogens is 490 g/mol. The summed E-state index contributed by atoms with van der Waals surface area (Å²) in [5.74, 6) is -0.302. The van der Waals surface area contributed by atoms with Crippen LogP contribution in [0, 0.1) is 0 Å². The van der Waals surface area contributed by atoms with Gasteiger partial charge < -0.3 is 19.2 Å². The largest absolute Gasteiger partial charge is 0.507 e. The third-order valence-electron chi connectivity index (χ3n) is 7.51. The highest BCUT2D eigenvalue weighted by Gasteiger charge is 2.46. The van der Waals surface area contributed by atoms with Crippen molar-refractivity contribution in [2.24, 2.45) is 0 Å². The fourth-order valence-corrected chi connectivity index (χ4v) is 5.48. The van der Waals surface area contributed by atoms with Gasteiger partial charge in [0.1, 0.15) is 23.9 Å². The van der Waals surface area contributed by atoms with Crippen LogP contribution in [0.15, 0.2) is 101 Å². The minimum atomic E-state index is -0.769. The van der Waals surface area contributed by atoms with E-state index in [1.807, 2.05) is 72.8 Å². The Balaban J connectivity index is 1.36. The third kappa shape index (κ3) is 4.98. The molecule has 6 rings (SSSR count). The lowest BCUT2D eigenvalue weighted by atomic mass is 9.88. The predicted molar refractivity (Wildman–Crippen MR) is 147 cm³/mol. The predicted octanol–water partition coefficient (Wildman–Crippen LogP) is 6.36. The number of likely N-dealkylation sites (tertiary alicyclic amines) is 1. The van der Waals surface area contributed by atoms with Crippen molar-refractivity contribution in [1.29, 1.82) is 0 Å². The number of rotatable bonds is 7. The number of ether oxygens (including phenoxy) is 1. The smallest absolute Gasteiger partial charge is 0.296 e. The van der Waals surface area contributed by atoms with Crippen LogP contribution in [0.4, 0.5) is 0 Å². The van der Waals surface area contributed by atoms with Crippen LogP contribution < -0.4 is 4.74 Å². The molecule has 1 N–H and O–H groups in total. The van der Waals surface area contributed by atoms with Gasteiger partial charge in [0.2, 0.25) is 0 Å². The van der Waals surface area contributed by atoms with Gasteiger partial charge in [-0.3, -0.25) is 9.59 Å². The molecule has 1 aliphatic carbocycles. The Kier molecular flexibility index (Phi) is 6.76. The Bertz CT molecular complexity index is 1520. The number of carbonyl (C=O) groups excluding carboxylic acids is 2. The van der Waals surface area contributed by atoms with Gasteiger partial charge in [0.25, 0.3) is 11.7 Å². The average Bonchev–Trinajstić information content (AvgIpc) is 3.59. The molecular formula is C33H29NO5. The summed E-state index contributed by atoms with van der Waals surface area (Å²) in [7, 11) is 0. The molecule has 6 nitrogen and oxygen atoms in total. The molecule has 6 heteroatoms. The molecule has 1 aliphatic heterocycles. The van der Waals surface area contributed by atoms with Gasteiger partial charge in [-0.05, 0) is 78.3 Å². The summed E-state index contributed by atoms with van der Waals surface area (Å²) in [6.07, 6.45) is 5.75. The third-order valence-corrected chi connectivity index (χ3v) is 7.51. The molecule has 4 aromatic rings. The Morgan fingerprint density at radius 1 is 0.897 bits per heavy atom. The Morgan fingerprint density at radius 2 is 1.67 bits per heavy atom. The molecule has 0 bridgehead atoms. The number of hydrogen-bond donors (Lipinski definition) is 1. The number of fused-ring (bicyclic) bond motifs is 1. The second-order valence-corrected chi connectivity index (χ2v) is 10.0. The SMILES string of the molecule is O=C1C(=O)N(Cc2ccco2)C(c2ccc(OCc3ccccc3)cc2)/C1=C(/O)c1ccc2c(c1)CCCC2. The van der Waals surface area contributed by atoms with Crippen molar-refractivity contribution < 1.29 is 23.8 Å². The Labute approximate surface area is 227 Å². The van der Waals surface area contributed by atoms with Gasteiger partial charge in [-0.1, -0.05) is 54.6 Å². The van der Waals surface area contributed by atoms with Crippen molar-refractivity contribution in [2.45, 2.75) is 44.9 Å². The van der Waals surface area contributed by atoms with Gasteiger partial charge in [0.15, 0.2) is 0 Å². The summed E-state index contributed by atoms with van der Waals surface area (Å²) in [5.41, 5.74) is 4.86. The summed E-state index contributed by atoms with van der Waals surface area (Å²) in [4.78, 5) is 28.1. The van der Waals surface area contributed by atoms with E-state index >= 15 is 0 Å². The van der Waals surface area contributed by atoms with E-state index < -0.39 is 17.7 Å². The molecule has 39 heavy (non-hydrogen) atoms. The lowest BCUT2D eigenvalue weighted by Gasteiger charge is -2.25. The van der Waals surface area contributed by atoms with E-state index in [1.54, 1.807) is 12.1 Å². The number of benzene rings is 3. The van der Waals surface area contributed by atoms with E-state index in [4.69, 9.17) is 9.15 Å². The van der Waals surface area contributed by atoms with E-state index in [-0.39, 0.29) is 17.9 Å². The Hall–Kier alpha value is -4.58. The molecule has 1 atom stereocenters. The maximum Gasteiger partial charge on any atom is 0.296 e. The van der Waals surface area contributed by atoms with Crippen molar-refractivity contribution in [1.82, 2.24) is 4.90 Å². The molecule has 1 amide bonds. The highest BCUT2D eigenvalue weighted by Crippen LogP contribution is 2.41. The van der Waals surface area contributed by atoms with E-state index in [0.29, 0.717) is 29.2 Å². The standard InChI is InChI=1S/C33H29NO5/c35-31(26-13-12-23-9-4-5-10-25(23)19-26)29-30(34(33(37)32(29)36)20-28-11-6-18-38-28)24-14-16-27(17-15-24)39-21-22-7-2-1-3-8-22/h1-3,6-8,11-19,30,35H,4-5,9-10,20-21H2/b31-29-. The molecule has 0 saturated carbocycles. The minimum absolute atomic E-state index is 0.0836. The lowest BCUT2D eigenvalue weighted by molar-refractivity contribution is -0.140. The van der Waals surface area contributed by atoms with Crippen LogP contribution in [-0.2, 0) is 35.6 Å². The topological polar surface area (TPSA) is 80.0 Å². The Morgan fingerprint density at radius 3 is 2.41 bits per heavy atom. The second kappa shape index (κ2) is 10.7. The zero-order chi connectivity index (χ0) is 26.8. The number of hydrogen-bond acceptors (Lipinski definition) is 5. The highest BCUT2D eigenvalue weighted by atomic mass is 16.5. The number of Topliss-reactive ketones (excluding diaryl/α,β-unsaturated/α-hetero) is 1. The van der Waals surface area contributed by atoms with E-state index in [1.165, 1.54) is 22.3 Å². The first-order valence-corrected chi connectivity index (χ1v) is 13.3. The quantitative estimate of drug-likeness (QED) is 0.175. The minimum Gasteiger partial charge on any atom is -0.507 e. The number of aliphatic hydroxyl groups is 1. The number of nitrogens with zero attached hydrogens (tertiary/aromatic N) is 1. The van der Waals surface area contributed by atoms with Crippen LogP contribution >= 0.6 is 0 Å². The maximum atomic E-state index is 13.4. The summed E-state index contributed by atoms with van der Waals surface area (Å²) >= 11 is 0. The van der Waals surface area contributed by atoms with Crippen LogP contribution in [0.3, 0.4) is 0 Å². The summed E-state index contributed by atoms with van der Waals surface area (Å²) < 4.78 is 11.4. The molecule has 196 valence electrons. The molecule has 0 spiro atoms. The van der Waals surface area contributed by atoms with Crippen molar-refractivity contribution >= 4 is 17.4 Å². The number of aryl methyl sites for hydroxylation is 2. The fraction of sp³-hybridized carbons (Fsp3) is 0.212. The van der Waals surface area contributed by atoms with Crippen LogP contribution in [0.25, 0.3) is 5.76 Å². The number of aliphatic hydroxyl groups excluding tert-OH is 1.